The third kappa shape index (κ3) is 10.6. The zero-order chi connectivity index (χ0) is 35.0. The molecule has 0 heterocycles. The minimum absolute atomic E-state index is 0.00777. The van der Waals surface area contributed by atoms with E-state index in [2.05, 4.69) is 61.5 Å². The van der Waals surface area contributed by atoms with E-state index in [-0.39, 0.29) is 58.1 Å². The van der Waals surface area contributed by atoms with Crippen LogP contribution in [0.3, 0.4) is 0 Å². The van der Waals surface area contributed by atoms with Gasteiger partial charge < -0.3 is 0 Å². The molecule has 4 nitrogen and oxygen atoms in total. The highest BCUT2D eigenvalue weighted by Gasteiger charge is 2.36. The average molecular weight is 631 g/mol. The minimum atomic E-state index is -0.169. The predicted octanol–water partition coefficient (Wildman–Crippen LogP) is 11.1. The first-order valence-corrected chi connectivity index (χ1v) is 17.7. The Morgan fingerprint density at radius 3 is 2.09 bits per heavy atom. The molecule has 0 saturated carbocycles. The number of benzene rings is 2. The zero-order valence-electron chi connectivity index (χ0n) is 31.1. The minimum Gasteiger partial charge on any atom is -0.299 e. The molecule has 0 amide bonds. The normalized spacial score (nSPS) is 16.2. The summed E-state index contributed by atoms with van der Waals surface area (Å²) in [5.41, 5.74) is 6.51. The van der Waals surface area contributed by atoms with Crippen LogP contribution in [0.5, 0.6) is 0 Å². The summed E-state index contributed by atoms with van der Waals surface area (Å²) in [6.07, 6.45) is 6.27. The van der Waals surface area contributed by atoms with Crippen LogP contribution in [0.4, 0.5) is 0 Å². The predicted molar refractivity (Wildman–Crippen MR) is 193 cm³/mol. The van der Waals surface area contributed by atoms with E-state index < -0.39 is 0 Å². The molecule has 3 unspecified atom stereocenters. The van der Waals surface area contributed by atoms with Gasteiger partial charge in [0.2, 0.25) is 0 Å². The van der Waals surface area contributed by atoms with Gasteiger partial charge in [0, 0.05) is 29.9 Å². The highest BCUT2D eigenvalue weighted by atomic mass is 16.2. The summed E-state index contributed by atoms with van der Waals surface area (Å²) in [7, 11) is 0. The van der Waals surface area contributed by atoms with Crippen LogP contribution < -0.4 is 0 Å². The number of hydrogen-bond acceptors (Lipinski definition) is 4. The van der Waals surface area contributed by atoms with Crippen molar-refractivity contribution >= 4 is 23.1 Å². The molecule has 2 aromatic rings. The maximum Gasteiger partial charge on any atom is 0.163 e. The van der Waals surface area contributed by atoms with Crippen LogP contribution in [0.15, 0.2) is 30.3 Å². The Labute approximate surface area is 280 Å². The molecule has 0 fully saturated rings. The molecule has 0 aliphatic heterocycles. The highest BCUT2D eigenvalue weighted by Crippen LogP contribution is 2.43. The summed E-state index contributed by atoms with van der Waals surface area (Å²) in [5, 5.41) is 0. The number of Topliss-reactive ketones (excluding diaryl/α,β-unsaturated/α-hetero) is 4. The number of fused-ring (bicyclic) bond motifs is 1. The lowest BCUT2D eigenvalue weighted by Gasteiger charge is -2.34. The highest BCUT2D eigenvalue weighted by molar-refractivity contribution is 6.03. The van der Waals surface area contributed by atoms with Gasteiger partial charge in [-0.3, -0.25) is 19.2 Å². The maximum absolute atomic E-state index is 14.0. The van der Waals surface area contributed by atoms with Crippen molar-refractivity contribution in [2.45, 2.75) is 146 Å². The number of rotatable bonds is 12. The molecule has 1 aliphatic rings. The van der Waals surface area contributed by atoms with E-state index in [0.29, 0.717) is 24.8 Å². The molecular formula is C42H62O4. The standard InChI is InChI=1S/C39H54O4.C3H8/c1-11-14-28(31(12-2)35(42)21-30(41)23-38(5,6)7)17-26-18-33-32(29-16-13-15-27(20-29)25(4)40)22-34(39(8,9)10)24(3)37(33)36(43)19-26;1-3-2/h13,15-16,20,22,26,28,31H,11-12,14,17-19,21,23H2,1-10H3;3H2,1-2H3. The van der Waals surface area contributed by atoms with Gasteiger partial charge in [-0.2, -0.15) is 0 Å². The molecule has 4 heteroatoms. The van der Waals surface area contributed by atoms with Gasteiger partial charge >= 0.3 is 0 Å². The second kappa shape index (κ2) is 16.8. The molecule has 254 valence electrons. The summed E-state index contributed by atoms with van der Waals surface area (Å²) >= 11 is 0. The topological polar surface area (TPSA) is 68.3 Å². The van der Waals surface area contributed by atoms with E-state index in [9.17, 15) is 19.2 Å². The molecule has 0 saturated heterocycles. The fourth-order valence-corrected chi connectivity index (χ4v) is 7.34. The summed E-state index contributed by atoms with van der Waals surface area (Å²) < 4.78 is 0. The van der Waals surface area contributed by atoms with Crippen molar-refractivity contribution in [3.63, 3.8) is 0 Å². The van der Waals surface area contributed by atoms with Crippen LogP contribution in [0, 0.1) is 30.1 Å². The van der Waals surface area contributed by atoms with Gasteiger partial charge in [-0.1, -0.05) is 113 Å². The number of hydrogen-bond donors (Lipinski definition) is 0. The Morgan fingerprint density at radius 2 is 1.57 bits per heavy atom. The van der Waals surface area contributed by atoms with Crippen LogP contribution in [-0.4, -0.2) is 23.1 Å². The lowest BCUT2D eigenvalue weighted by Crippen LogP contribution is -2.31. The van der Waals surface area contributed by atoms with Crippen molar-refractivity contribution in [1.29, 1.82) is 0 Å². The second-order valence-electron chi connectivity index (χ2n) is 16.0. The summed E-state index contributed by atoms with van der Waals surface area (Å²) in [6.45, 7) is 24.7. The van der Waals surface area contributed by atoms with E-state index in [1.165, 1.54) is 6.42 Å². The van der Waals surface area contributed by atoms with Crippen molar-refractivity contribution in [2.75, 3.05) is 0 Å². The zero-order valence-corrected chi connectivity index (χ0v) is 31.1. The van der Waals surface area contributed by atoms with Gasteiger partial charge in [-0.05, 0) is 89.7 Å². The van der Waals surface area contributed by atoms with Crippen LogP contribution in [0.25, 0.3) is 11.1 Å². The van der Waals surface area contributed by atoms with Crippen LogP contribution in [0.1, 0.15) is 165 Å². The van der Waals surface area contributed by atoms with Crippen molar-refractivity contribution in [2.24, 2.45) is 23.2 Å². The molecule has 0 aromatic heterocycles. The van der Waals surface area contributed by atoms with E-state index in [0.717, 1.165) is 59.1 Å². The Hall–Kier alpha value is -2.88. The first-order chi connectivity index (χ1) is 21.4. The van der Waals surface area contributed by atoms with Gasteiger partial charge in [0.05, 0.1) is 6.42 Å². The maximum atomic E-state index is 14.0. The van der Waals surface area contributed by atoms with Gasteiger partial charge in [0.25, 0.3) is 0 Å². The van der Waals surface area contributed by atoms with Crippen molar-refractivity contribution in [3.05, 3.63) is 58.1 Å². The number of carbonyl (C=O) groups excluding carboxylic acids is 4. The SMILES string of the molecule is CCC.CCCC(CC1CC(=O)c2c(C)c(C(C)(C)C)cc(-c3cccc(C(C)=O)c3)c2C1)C(CC)C(=O)CC(=O)CC(C)(C)C. The van der Waals surface area contributed by atoms with Crippen molar-refractivity contribution < 1.29 is 19.2 Å². The fourth-order valence-electron chi connectivity index (χ4n) is 7.34. The number of ketones is 4. The molecule has 0 bridgehead atoms. The first kappa shape index (κ1) is 39.3. The molecule has 0 spiro atoms. The van der Waals surface area contributed by atoms with Gasteiger partial charge in [0.1, 0.15) is 11.6 Å². The smallest absolute Gasteiger partial charge is 0.163 e. The summed E-state index contributed by atoms with van der Waals surface area (Å²) in [5.74, 6) is 0.375. The molecule has 3 atom stereocenters. The number of carbonyl (C=O) groups is 4. The van der Waals surface area contributed by atoms with Crippen LogP contribution in [0.2, 0.25) is 0 Å². The Morgan fingerprint density at radius 1 is 0.935 bits per heavy atom. The van der Waals surface area contributed by atoms with Crippen molar-refractivity contribution in [3.8, 4) is 11.1 Å². The largest absolute Gasteiger partial charge is 0.299 e. The quantitative estimate of drug-likeness (QED) is 0.173. The second-order valence-corrected chi connectivity index (χ2v) is 16.0. The van der Waals surface area contributed by atoms with Gasteiger partial charge in [0.15, 0.2) is 11.6 Å². The average Bonchev–Trinajstić information content (AvgIpc) is 2.92. The third-order valence-corrected chi connectivity index (χ3v) is 9.15. The van der Waals surface area contributed by atoms with E-state index >= 15 is 0 Å². The molecule has 2 aromatic carbocycles. The van der Waals surface area contributed by atoms with Crippen molar-refractivity contribution in [1.82, 2.24) is 0 Å². The Kier molecular flexibility index (Phi) is 14.3. The third-order valence-electron chi connectivity index (χ3n) is 9.15. The van der Waals surface area contributed by atoms with Crippen LogP contribution in [-0.2, 0) is 21.4 Å². The first-order valence-electron chi connectivity index (χ1n) is 17.7. The van der Waals surface area contributed by atoms with Gasteiger partial charge in [-0.25, -0.2) is 0 Å². The molecule has 0 N–H and O–H groups in total. The summed E-state index contributed by atoms with van der Waals surface area (Å²) in [4.78, 5) is 52.4. The van der Waals surface area contributed by atoms with E-state index in [4.69, 9.17) is 0 Å². The van der Waals surface area contributed by atoms with Crippen LogP contribution >= 0.6 is 0 Å². The molecular weight excluding hydrogens is 568 g/mol. The summed E-state index contributed by atoms with van der Waals surface area (Å²) in [6, 6.07) is 10.00. The lowest BCUT2D eigenvalue weighted by molar-refractivity contribution is -0.131. The molecule has 3 rings (SSSR count). The monoisotopic (exact) mass is 630 g/mol. The molecule has 1 aliphatic carbocycles. The molecule has 0 radical (unpaired) electrons. The fraction of sp³-hybridized carbons (Fsp3) is 0.619. The molecule has 46 heavy (non-hydrogen) atoms. The van der Waals surface area contributed by atoms with E-state index in [1.54, 1.807) is 6.92 Å². The lowest BCUT2D eigenvalue weighted by atomic mass is 9.69. The Balaban J connectivity index is 0.00000236. The van der Waals surface area contributed by atoms with E-state index in [1.807, 2.05) is 45.0 Å². The van der Waals surface area contributed by atoms with Gasteiger partial charge in [-0.15, -0.1) is 0 Å². The Bertz CT molecular complexity index is 1380.